The first-order chi connectivity index (χ1) is 13.4. The maximum Gasteiger partial charge on any atom is 0.345 e. The highest BCUT2D eigenvalue weighted by Crippen LogP contribution is 2.26. The molecule has 3 rings (SSSR count). The monoisotopic (exact) mass is 423 g/mol. The maximum absolute atomic E-state index is 13.0. The van der Waals surface area contributed by atoms with Crippen LogP contribution in [0.1, 0.15) is 36.0 Å². The number of hydrogen-bond donors (Lipinski definition) is 0. The lowest BCUT2D eigenvalue weighted by Crippen LogP contribution is -2.32. The van der Waals surface area contributed by atoms with Crippen LogP contribution in [0.15, 0.2) is 47.4 Å². The minimum atomic E-state index is -3.69. The zero-order valence-corrected chi connectivity index (χ0v) is 17.1. The molecule has 1 heterocycles. The molecule has 0 atom stereocenters. The molecule has 150 valence electrons. The van der Waals surface area contributed by atoms with Crippen molar-refractivity contribution in [3.05, 3.63) is 53.1 Å². The fourth-order valence-corrected chi connectivity index (χ4v) is 4.80. The zero-order valence-electron chi connectivity index (χ0n) is 15.6. The molecule has 1 fully saturated rings. The summed E-state index contributed by atoms with van der Waals surface area (Å²) in [5.41, 5.74) is 0.00776. The molecule has 0 N–H and O–H groups in total. The number of carbonyl (C=O) groups excluding carboxylic acids is 1. The molecule has 0 aromatic heterocycles. The third-order valence-corrected chi connectivity index (χ3v) is 6.85. The van der Waals surface area contributed by atoms with Crippen LogP contribution < -0.4 is 9.47 Å². The number of hydrogen-bond acceptors (Lipinski definition) is 5. The predicted octanol–water partition coefficient (Wildman–Crippen LogP) is 4.13. The minimum Gasteiger partial charge on any atom is -0.497 e. The predicted molar refractivity (Wildman–Crippen MR) is 107 cm³/mol. The number of nitrogens with zero attached hydrogens (tertiary/aromatic N) is 1. The summed E-state index contributed by atoms with van der Waals surface area (Å²) in [6.45, 7) is 0.965. The van der Waals surface area contributed by atoms with Crippen molar-refractivity contribution in [1.82, 2.24) is 4.31 Å². The Morgan fingerprint density at radius 2 is 1.57 bits per heavy atom. The number of rotatable bonds is 5. The van der Waals surface area contributed by atoms with Gasteiger partial charge in [0.1, 0.15) is 11.5 Å². The van der Waals surface area contributed by atoms with Gasteiger partial charge in [-0.25, -0.2) is 13.2 Å². The standard InChI is InChI=1S/C20H22ClNO5S/c1-26-15-6-8-16(9-7-15)27-20(23)18-14-17(10-11-19(18)21)28(24,25)22-12-4-2-3-5-13-22/h6-11,14H,2-5,12-13H2,1H3. The number of benzene rings is 2. The van der Waals surface area contributed by atoms with Crippen molar-refractivity contribution in [1.29, 1.82) is 0 Å². The van der Waals surface area contributed by atoms with Crippen molar-refractivity contribution >= 4 is 27.6 Å². The van der Waals surface area contributed by atoms with Gasteiger partial charge in [-0.2, -0.15) is 4.31 Å². The fourth-order valence-electron chi connectivity index (χ4n) is 3.06. The van der Waals surface area contributed by atoms with Gasteiger partial charge in [-0.05, 0) is 55.3 Å². The molecule has 1 aliphatic heterocycles. The first-order valence-corrected chi connectivity index (χ1v) is 10.9. The van der Waals surface area contributed by atoms with E-state index in [1.54, 1.807) is 24.3 Å². The molecule has 8 heteroatoms. The average molecular weight is 424 g/mol. The van der Waals surface area contributed by atoms with Crippen molar-refractivity contribution < 1.29 is 22.7 Å². The van der Waals surface area contributed by atoms with Crippen molar-refractivity contribution in [3.63, 3.8) is 0 Å². The molecule has 0 radical (unpaired) electrons. The SMILES string of the molecule is COc1ccc(OC(=O)c2cc(S(=O)(=O)N3CCCCCC3)ccc2Cl)cc1. The Morgan fingerprint density at radius 3 is 2.18 bits per heavy atom. The first-order valence-electron chi connectivity index (χ1n) is 9.08. The highest BCUT2D eigenvalue weighted by molar-refractivity contribution is 7.89. The molecule has 1 aliphatic rings. The summed E-state index contributed by atoms with van der Waals surface area (Å²) in [5.74, 6) is 0.217. The Hall–Kier alpha value is -2.09. The largest absolute Gasteiger partial charge is 0.497 e. The van der Waals surface area contributed by atoms with Crippen LogP contribution in [0.4, 0.5) is 0 Å². The topological polar surface area (TPSA) is 72.9 Å². The number of ether oxygens (including phenoxy) is 2. The summed E-state index contributed by atoms with van der Waals surface area (Å²) < 4.78 is 37.8. The van der Waals surface area contributed by atoms with Gasteiger partial charge in [-0.1, -0.05) is 24.4 Å². The van der Waals surface area contributed by atoms with Crippen LogP contribution in [-0.2, 0) is 10.0 Å². The highest BCUT2D eigenvalue weighted by Gasteiger charge is 2.27. The second kappa shape index (κ2) is 8.94. The molecule has 0 bridgehead atoms. The molecule has 2 aromatic rings. The second-order valence-corrected chi connectivity index (χ2v) is 8.87. The molecule has 0 aliphatic carbocycles. The molecule has 0 spiro atoms. The van der Waals surface area contributed by atoms with E-state index in [9.17, 15) is 13.2 Å². The number of methoxy groups -OCH3 is 1. The Kier molecular flexibility index (Phi) is 6.59. The summed E-state index contributed by atoms with van der Waals surface area (Å²) in [6.07, 6.45) is 3.70. The number of esters is 1. The van der Waals surface area contributed by atoms with Crippen molar-refractivity contribution in [3.8, 4) is 11.5 Å². The van der Waals surface area contributed by atoms with E-state index in [4.69, 9.17) is 21.1 Å². The Labute approximate surface area is 170 Å². The smallest absolute Gasteiger partial charge is 0.345 e. The van der Waals surface area contributed by atoms with Gasteiger partial charge in [0.25, 0.3) is 0 Å². The van der Waals surface area contributed by atoms with Gasteiger partial charge in [0.15, 0.2) is 0 Å². The van der Waals surface area contributed by atoms with E-state index in [0.29, 0.717) is 24.6 Å². The van der Waals surface area contributed by atoms with E-state index in [1.807, 2.05) is 0 Å². The van der Waals surface area contributed by atoms with Gasteiger partial charge in [0.05, 0.1) is 22.6 Å². The number of halogens is 1. The molecule has 6 nitrogen and oxygen atoms in total. The summed E-state index contributed by atoms with van der Waals surface area (Å²) in [4.78, 5) is 12.6. The molecular formula is C20H22ClNO5S. The molecular weight excluding hydrogens is 402 g/mol. The van der Waals surface area contributed by atoms with E-state index in [-0.39, 0.29) is 15.5 Å². The van der Waals surface area contributed by atoms with E-state index >= 15 is 0 Å². The van der Waals surface area contributed by atoms with Gasteiger partial charge >= 0.3 is 5.97 Å². The van der Waals surface area contributed by atoms with Crippen LogP contribution in [0.5, 0.6) is 11.5 Å². The Morgan fingerprint density at radius 1 is 0.964 bits per heavy atom. The molecule has 0 amide bonds. The first kappa shape index (κ1) is 20.6. The van der Waals surface area contributed by atoms with Crippen LogP contribution in [0.3, 0.4) is 0 Å². The summed E-state index contributed by atoms with van der Waals surface area (Å²) in [6, 6.07) is 10.6. The minimum absolute atomic E-state index is 0.00776. The normalized spacial score (nSPS) is 15.6. The summed E-state index contributed by atoms with van der Waals surface area (Å²) in [7, 11) is -2.15. The third kappa shape index (κ3) is 4.66. The lowest BCUT2D eigenvalue weighted by molar-refractivity contribution is 0.0734. The van der Waals surface area contributed by atoms with E-state index in [1.165, 1.54) is 29.6 Å². The average Bonchev–Trinajstić information content (AvgIpc) is 2.99. The fraction of sp³-hybridized carbons (Fsp3) is 0.350. The van der Waals surface area contributed by atoms with Crippen LogP contribution in [-0.4, -0.2) is 38.9 Å². The van der Waals surface area contributed by atoms with Gasteiger partial charge in [-0.3, -0.25) is 0 Å². The Balaban J connectivity index is 1.84. The zero-order chi connectivity index (χ0) is 20.1. The van der Waals surface area contributed by atoms with Crippen LogP contribution in [0.2, 0.25) is 5.02 Å². The van der Waals surface area contributed by atoms with E-state index in [2.05, 4.69) is 0 Å². The summed E-state index contributed by atoms with van der Waals surface area (Å²) in [5, 5.41) is 0.133. The quantitative estimate of drug-likeness (QED) is 0.534. The van der Waals surface area contributed by atoms with Gasteiger partial charge in [-0.15, -0.1) is 0 Å². The Bertz CT molecular complexity index is 936. The molecule has 1 saturated heterocycles. The maximum atomic E-state index is 13.0. The third-order valence-electron chi connectivity index (χ3n) is 4.63. The number of sulfonamides is 1. The van der Waals surface area contributed by atoms with E-state index in [0.717, 1.165) is 25.7 Å². The van der Waals surface area contributed by atoms with Gasteiger partial charge < -0.3 is 9.47 Å². The van der Waals surface area contributed by atoms with Crippen LogP contribution in [0.25, 0.3) is 0 Å². The van der Waals surface area contributed by atoms with Crippen LogP contribution >= 0.6 is 11.6 Å². The van der Waals surface area contributed by atoms with Crippen molar-refractivity contribution in [2.45, 2.75) is 30.6 Å². The summed E-state index contributed by atoms with van der Waals surface area (Å²) >= 11 is 6.14. The number of carbonyl (C=O) groups is 1. The van der Waals surface area contributed by atoms with Gasteiger partial charge in [0.2, 0.25) is 10.0 Å². The molecule has 28 heavy (non-hydrogen) atoms. The van der Waals surface area contributed by atoms with Gasteiger partial charge in [0, 0.05) is 13.1 Å². The van der Waals surface area contributed by atoms with Crippen LogP contribution in [0, 0.1) is 0 Å². The molecule has 2 aromatic carbocycles. The molecule has 0 saturated carbocycles. The second-order valence-electron chi connectivity index (χ2n) is 6.52. The van der Waals surface area contributed by atoms with Crippen molar-refractivity contribution in [2.24, 2.45) is 0 Å². The lowest BCUT2D eigenvalue weighted by Gasteiger charge is -2.20. The van der Waals surface area contributed by atoms with E-state index < -0.39 is 16.0 Å². The molecule has 0 unspecified atom stereocenters. The van der Waals surface area contributed by atoms with Crippen molar-refractivity contribution in [2.75, 3.05) is 20.2 Å². The highest BCUT2D eigenvalue weighted by atomic mass is 35.5. The lowest BCUT2D eigenvalue weighted by atomic mass is 10.2.